The van der Waals surface area contributed by atoms with Gasteiger partial charge in [-0.1, -0.05) is 18.2 Å². The van der Waals surface area contributed by atoms with E-state index in [0.29, 0.717) is 13.0 Å². The van der Waals surface area contributed by atoms with Crippen LogP contribution in [0.3, 0.4) is 0 Å². The first kappa shape index (κ1) is 14.0. The van der Waals surface area contributed by atoms with Gasteiger partial charge in [-0.2, -0.15) is 0 Å². The van der Waals surface area contributed by atoms with Crippen molar-refractivity contribution in [3.05, 3.63) is 34.5 Å². The predicted octanol–water partition coefficient (Wildman–Crippen LogP) is 2.43. The zero-order valence-corrected chi connectivity index (χ0v) is 11.4. The lowest BCUT2D eigenvalue weighted by molar-refractivity contribution is -0.141. The van der Waals surface area contributed by atoms with Crippen molar-refractivity contribution in [1.82, 2.24) is 4.90 Å². The van der Waals surface area contributed by atoms with Crippen molar-refractivity contribution in [3.63, 3.8) is 0 Å². The molecule has 1 aliphatic rings. The van der Waals surface area contributed by atoms with Crippen LogP contribution in [-0.2, 0) is 4.79 Å². The van der Waals surface area contributed by atoms with Crippen LogP contribution in [0.15, 0.2) is 29.7 Å². The number of rotatable bonds is 6. The quantitative estimate of drug-likeness (QED) is 0.642. The summed E-state index contributed by atoms with van der Waals surface area (Å²) in [6, 6.07) is 3.32. The molecule has 0 bridgehead atoms. The molecule has 2 heterocycles. The van der Waals surface area contributed by atoms with Crippen LogP contribution in [0.25, 0.3) is 0 Å². The van der Waals surface area contributed by atoms with E-state index in [-0.39, 0.29) is 11.8 Å². The molecule has 19 heavy (non-hydrogen) atoms. The summed E-state index contributed by atoms with van der Waals surface area (Å²) in [6.45, 7) is 1.43. The number of carboxylic acids is 1. The molecule has 2 rings (SSSR count). The molecule has 1 aliphatic heterocycles. The van der Waals surface area contributed by atoms with Crippen LogP contribution in [0.1, 0.15) is 28.9 Å². The van der Waals surface area contributed by atoms with Crippen LogP contribution in [0.2, 0.25) is 0 Å². The molecule has 1 N–H and O–H groups in total. The van der Waals surface area contributed by atoms with E-state index >= 15 is 0 Å². The Kier molecular flexibility index (Phi) is 4.87. The number of allylic oxidation sites excluding steroid dienone is 1. The van der Waals surface area contributed by atoms with E-state index < -0.39 is 5.97 Å². The van der Waals surface area contributed by atoms with Gasteiger partial charge in [0.25, 0.3) is 0 Å². The Morgan fingerprint density at radius 1 is 1.47 bits per heavy atom. The third-order valence-electron chi connectivity index (χ3n) is 3.25. The maximum atomic E-state index is 11.7. The SMILES string of the molecule is O=C(C/C=C/CN1CCC[C@H]1C(=O)O)c1cccs1. The zero-order chi connectivity index (χ0) is 13.7. The van der Waals surface area contributed by atoms with Gasteiger partial charge in [-0.25, -0.2) is 0 Å². The van der Waals surface area contributed by atoms with E-state index in [1.807, 2.05) is 34.6 Å². The molecule has 0 unspecified atom stereocenters. The number of likely N-dealkylation sites (tertiary alicyclic amines) is 1. The number of carbonyl (C=O) groups is 2. The molecule has 1 aromatic heterocycles. The maximum Gasteiger partial charge on any atom is 0.320 e. The first-order chi connectivity index (χ1) is 9.18. The summed E-state index contributed by atoms with van der Waals surface area (Å²) in [7, 11) is 0. The lowest BCUT2D eigenvalue weighted by atomic mass is 10.2. The highest BCUT2D eigenvalue weighted by atomic mass is 32.1. The van der Waals surface area contributed by atoms with Crippen molar-refractivity contribution in [2.45, 2.75) is 25.3 Å². The van der Waals surface area contributed by atoms with Gasteiger partial charge in [0.1, 0.15) is 6.04 Å². The molecule has 1 fully saturated rings. The minimum atomic E-state index is -0.749. The molecule has 5 heteroatoms. The molecular weight excluding hydrogens is 262 g/mol. The van der Waals surface area contributed by atoms with Gasteiger partial charge in [0, 0.05) is 13.0 Å². The van der Waals surface area contributed by atoms with Crippen molar-refractivity contribution in [2.24, 2.45) is 0 Å². The van der Waals surface area contributed by atoms with Crippen LogP contribution in [-0.4, -0.2) is 40.9 Å². The lowest BCUT2D eigenvalue weighted by Crippen LogP contribution is -2.35. The zero-order valence-electron chi connectivity index (χ0n) is 10.6. The van der Waals surface area contributed by atoms with Crippen molar-refractivity contribution in [2.75, 3.05) is 13.1 Å². The van der Waals surface area contributed by atoms with Gasteiger partial charge in [-0.15, -0.1) is 11.3 Å². The highest BCUT2D eigenvalue weighted by Gasteiger charge is 2.29. The lowest BCUT2D eigenvalue weighted by Gasteiger charge is -2.18. The first-order valence-corrected chi connectivity index (χ1v) is 7.25. The number of hydrogen-bond acceptors (Lipinski definition) is 4. The average Bonchev–Trinajstić information content (AvgIpc) is 3.04. The number of carboxylic acid groups (broad SMARTS) is 1. The minimum Gasteiger partial charge on any atom is -0.480 e. The fourth-order valence-corrected chi connectivity index (χ4v) is 2.94. The van der Waals surface area contributed by atoms with Crippen molar-refractivity contribution < 1.29 is 14.7 Å². The molecular formula is C14H17NO3S. The average molecular weight is 279 g/mol. The number of hydrogen-bond donors (Lipinski definition) is 1. The summed E-state index contributed by atoms with van der Waals surface area (Å²) in [5.74, 6) is -0.636. The molecule has 0 aromatic carbocycles. The summed E-state index contributed by atoms with van der Waals surface area (Å²) in [5, 5.41) is 10.9. The highest BCUT2D eigenvalue weighted by molar-refractivity contribution is 7.12. The van der Waals surface area contributed by atoms with E-state index in [2.05, 4.69) is 0 Å². The summed E-state index contributed by atoms with van der Waals surface area (Å²) in [5.41, 5.74) is 0. The summed E-state index contributed by atoms with van der Waals surface area (Å²) in [6.07, 6.45) is 5.76. The second kappa shape index (κ2) is 6.63. The number of carbonyl (C=O) groups excluding carboxylic acids is 1. The Morgan fingerprint density at radius 3 is 3.00 bits per heavy atom. The summed E-state index contributed by atoms with van der Waals surface area (Å²) in [4.78, 5) is 25.4. The molecule has 102 valence electrons. The standard InChI is InChI=1S/C14H17NO3S/c16-12(13-7-4-10-19-13)6-1-2-8-15-9-3-5-11(15)14(17)18/h1-2,4,7,10-11H,3,5-6,8-9H2,(H,17,18)/b2-1+/t11-/m0/s1. The van der Waals surface area contributed by atoms with Gasteiger partial charge in [-0.3, -0.25) is 14.5 Å². The van der Waals surface area contributed by atoms with Crippen LogP contribution in [0.4, 0.5) is 0 Å². The molecule has 0 aliphatic carbocycles. The summed E-state index contributed by atoms with van der Waals surface area (Å²) < 4.78 is 0. The Morgan fingerprint density at radius 2 is 2.32 bits per heavy atom. The topological polar surface area (TPSA) is 57.6 Å². The van der Waals surface area contributed by atoms with Crippen molar-refractivity contribution >= 4 is 23.1 Å². The van der Waals surface area contributed by atoms with E-state index in [0.717, 1.165) is 24.3 Å². The monoisotopic (exact) mass is 279 g/mol. The van der Waals surface area contributed by atoms with Crippen molar-refractivity contribution in [1.29, 1.82) is 0 Å². The first-order valence-electron chi connectivity index (χ1n) is 6.37. The molecule has 0 radical (unpaired) electrons. The van der Waals surface area contributed by atoms with Crippen LogP contribution < -0.4 is 0 Å². The predicted molar refractivity (Wildman–Crippen MR) is 74.6 cm³/mol. The molecule has 1 saturated heterocycles. The number of thiophene rings is 1. The molecule has 0 saturated carbocycles. The van der Waals surface area contributed by atoms with E-state index in [4.69, 9.17) is 5.11 Å². The minimum absolute atomic E-state index is 0.113. The Hall–Kier alpha value is -1.46. The molecule has 0 spiro atoms. The summed E-state index contributed by atoms with van der Waals surface area (Å²) >= 11 is 1.45. The Balaban J connectivity index is 1.77. The van der Waals surface area contributed by atoms with E-state index in [1.165, 1.54) is 11.3 Å². The van der Waals surface area contributed by atoms with E-state index in [9.17, 15) is 9.59 Å². The van der Waals surface area contributed by atoms with Crippen molar-refractivity contribution in [3.8, 4) is 0 Å². The molecule has 0 amide bonds. The largest absolute Gasteiger partial charge is 0.480 e. The second-order valence-electron chi connectivity index (χ2n) is 4.57. The maximum absolute atomic E-state index is 11.7. The van der Waals surface area contributed by atoms with Gasteiger partial charge in [0.05, 0.1) is 4.88 Å². The molecule has 1 atom stereocenters. The molecule has 4 nitrogen and oxygen atoms in total. The smallest absolute Gasteiger partial charge is 0.320 e. The van der Waals surface area contributed by atoms with Crippen LogP contribution in [0.5, 0.6) is 0 Å². The third kappa shape index (κ3) is 3.75. The number of Topliss-reactive ketones (excluding diaryl/α,β-unsaturated/α-hetero) is 1. The Labute approximate surface area is 116 Å². The third-order valence-corrected chi connectivity index (χ3v) is 4.17. The highest BCUT2D eigenvalue weighted by Crippen LogP contribution is 2.17. The van der Waals surface area contributed by atoms with Gasteiger partial charge >= 0.3 is 5.97 Å². The van der Waals surface area contributed by atoms with Crippen LogP contribution >= 0.6 is 11.3 Å². The van der Waals surface area contributed by atoms with Gasteiger partial charge in [-0.05, 0) is 30.8 Å². The van der Waals surface area contributed by atoms with Gasteiger partial charge < -0.3 is 5.11 Å². The fourth-order valence-electron chi connectivity index (χ4n) is 2.26. The fraction of sp³-hybridized carbons (Fsp3) is 0.429. The number of aliphatic carboxylic acids is 1. The number of nitrogens with zero attached hydrogens (tertiary/aromatic N) is 1. The molecule has 1 aromatic rings. The second-order valence-corrected chi connectivity index (χ2v) is 5.51. The van der Waals surface area contributed by atoms with Gasteiger partial charge in [0.15, 0.2) is 5.78 Å². The van der Waals surface area contributed by atoms with E-state index in [1.54, 1.807) is 0 Å². The Bertz CT molecular complexity index is 467. The van der Waals surface area contributed by atoms with Gasteiger partial charge in [0.2, 0.25) is 0 Å². The normalized spacial score (nSPS) is 20.1. The van der Waals surface area contributed by atoms with Crippen LogP contribution in [0, 0.1) is 0 Å². The number of ketones is 1.